The molecule has 0 aromatic heterocycles. The average molecular weight is 659 g/mol. The van der Waals surface area contributed by atoms with Crippen molar-refractivity contribution in [2.75, 3.05) is 0 Å². The Labute approximate surface area is 274 Å². The maximum Gasteiger partial charge on any atom is -1.00 e. The van der Waals surface area contributed by atoms with E-state index in [0.29, 0.717) is 5.41 Å². The molecule has 0 spiro atoms. The van der Waals surface area contributed by atoms with Crippen LogP contribution in [0.5, 0.6) is 0 Å². The predicted molar refractivity (Wildman–Crippen MR) is 167 cm³/mol. The van der Waals surface area contributed by atoms with Gasteiger partial charge in [0.25, 0.3) is 0 Å². The van der Waals surface area contributed by atoms with Crippen molar-refractivity contribution in [2.24, 2.45) is 0 Å². The minimum Gasteiger partial charge on any atom is -1.00 e. The Morgan fingerprint density at radius 1 is 0.800 bits per heavy atom. The molecule has 0 fully saturated rings. The number of unbranched alkanes of at least 4 members (excludes halogenated alkanes) is 1. The van der Waals surface area contributed by atoms with E-state index in [2.05, 4.69) is 138 Å². The summed E-state index contributed by atoms with van der Waals surface area (Å²) in [6.45, 7) is 26.9. The van der Waals surface area contributed by atoms with Crippen molar-refractivity contribution in [3.8, 4) is 11.1 Å². The summed E-state index contributed by atoms with van der Waals surface area (Å²) in [4.78, 5) is 0. The third-order valence-corrected chi connectivity index (χ3v) is 6.97. The van der Waals surface area contributed by atoms with Crippen LogP contribution in [0.3, 0.4) is 0 Å². The topological polar surface area (TPSA) is 0 Å². The van der Waals surface area contributed by atoms with Crippen molar-refractivity contribution in [3.63, 3.8) is 0 Å². The first-order chi connectivity index (χ1) is 17.4. The van der Waals surface area contributed by atoms with E-state index in [1.54, 1.807) is 24.2 Å². The van der Waals surface area contributed by atoms with Crippen molar-refractivity contribution in [1.29, 1.82) is 0 Å². The van der Waals surface area contributed by atoms with Crippen LogP contribution in [0.4, 0.5) is 0 Å². The molecule has 1 aliphatic rings. The number of rotatable bonds is 3. The van der Waals surface area contributed by atoms with E-state index >= 15 is 0 Å². The number of aryl methyl sites for hydroxylation is 1. The normalized spacial score (nSPS) is 11.9. The zero-order valence-electron chi connectivity index (χ0n) is 27.2. The molecule has 0 unspecified atom stereocenters. The number of hydrogen-bond acceptors (Lipinski definition) is 0. The molecule has 0 aliphatic heterocycles. The summed E-state index contributed by atoms with van der Waals surface area (Å²) >= 11 is 1.55. The predicted octanol–water partition coefficient (Wildman–Crippen LogP) is 4.45. The second kappa shape index (κ2) is 16.1. The molecule has 3 aromatic carbocycles. The van der Waals surface area contributed by atoms with Crippen LogP contribution in [0, 0.1) is 6.07 Å². The van der Waals surface area contributed by atoms with Gasteiger partial charge >= 0.3 is 41.3 Å². The van der Waals surface area contributed by atoms with Crippen LogP contribution in [0.2, 0.25) is 0 Å². The monoisotopic (exact) mass is 656 g/mol. The number of halogens is 2. The number of fused-ring (bicyclic) bond motifs is 3. The summed E-state index contributed by atoms with van der Waals surface area (Å²) < 4.78 is 1.51. The van der Waals surface area contributed by atoms with Gasteiger partial charge in [0.05, 0.1) is 0 Å². The number of benzene rings is 2. The molecule has 0 radical (unpaired) electrons. The van der Waals surface area contributed by atoms with Gasteiger partial charge in [0.1, 0.15) is 0 Å². The molecule has 0 atom stereocenters. The van der Waals surface area contributed by atoms with Crippen molar-refractivity contribution in [2.45, 2.75) is 125 Å². The molecule has 0 N–H and O–H groups in total. The first kappa shape index (κ1) is 39.1. The molecule has 220 valence electrons. The molecule has 0 saturated heterocycles. The molecule has 0 saturated carbocycles. The van der Waals surface area contributed by atoms with E-state index < -0.39 is 0 Å². The van der Waals surface area contributed by atoms with Gasteiger partial charge in [-0.05, 0) is 28.4 Å². The van der Waals surface area contributed by atoms with Gasteiger partial charge < -0.3 is 24.8 Å². The SMILES string of the molecule is CC(C)(C)c1[c-]c2c(cc1)-c1ccc(C(C)(C)C)cc1C2.CCCCc1cc(C(C)(C)C)c[cH-]1.C[C](C)=[Zr+2].[Cl-].[Cl-]. The van der Waals surface area contributed by atoms with E-state index in [1.807, 2.05) is 0 Å². The average Bonchev–Trinajstić information content (AvgIpc) is 3.40. The first-order valence-electron chi connectivity index (χ1n) is 14.4. The standard InChI is InChI=1S/C21H25.C13H21.C3H6.2ClH.Zr/c1-20(2,3)16-7-9-18-14(12-16)11-15-13-17(21(4,5)6)8-10-19(15)18;1-5-6-7-11-8-9-12(10-11)13(2,3)4;1-3-2;;;/h7-10,12H,11H2,1-6H3;8-10H,5-7H2,1-4H3;1-2H3;2*1H;/q2*-1;;;;+2/p-2. The maximum absolute atomic E-state index is 3.67. The molecule has 4 rings (SSSR count). The Hall–Kier alpha value is -0.877. The minimum atomic E-state index is 0. The fourth-order valence-corrected chi connectivity index (χ4v) is 4.52. The molecule has 3 heteroatoms. The van der Waals surface area contributed by atoms with Crippen LogP contribution in [-0.4, -0.2) is 3.21 Å². The second-order valence-electron chi connectivity index (χ2n) is 14.2. The first-order valence-corrected chi connectivity index (χ1v) is 15.6. The van der Waals surface area contributed by atoms with Gasteiger partial charge in [0.2, 0.25) is 0 Å². The van der Waals surface area contributed by atoms with Crippen LogP contribution in [0.25, 0.3) is 11.1 Å². The van der Waals surface area contributed by atoms with E-state index in [-0.39, 0.29) is 35.6 Å². The molecule has 0 heterocycles. The Kier molecular flexibility index (Phi) is 15.7. The Morgan fingerprint density at radius 3 is 1.82 bits per heavy atom. The van der Waals surface area contributed by atoms with E-state index in [0.717, 1.165) is 6.42 Å². The molecule has 1 aliphatic carbocycles. The van der Waals surface area contributed by atoms with Crippen LogP contribution in [0.15, 0.2) is 48.5 Å². The largest absolute Gasteiger partial charge is 1.00 e. The van der Waals surface area contributed by atoms with Gasteiger partial charge in [0.15, 0.2) is 0 Å². The maximum atomic E-state index is 3.67. The Morgan fingerprint density at radius 2 is 1.35 bits per heavy atom. The number of hydrogen-bond donors (Lipinski definition) is 0. The van der Waals surface area contributed by atoms with Crippen LogP contribution in [-0.2, 0) is 53.3 Å². The van der Waals surface area contributed by atoms with E-state index in [9.17, 15) is 0 Å². The van der Waals surface area contributed by atoms with Crippen LogP contribution in [0.1, 0.15) is 129 Å². The molecular formula is C37H52Cl2Zr-2. The smallest absolute Gasteiger partial charge is 1.00 e. The van der Waals surface area contributed by atoms with Crippen LogP contribution < -0.4 is 24.8 Å². The molecule has 0 amide bonds. The van der Waals surface area contributed by atoms with Crippen molar-refractivity contribution in [1.82, 2.24) is 0 Å². The van der Waals surface area contributed by atoms with Crippen LogP contribution >= 0.6 is 0 Å². The molecule has 0 bridgehead atoms. The zero-order valence-corrected chi connectivity index (χ0v) is 31.2. The summed E-state index contributed by atoms with van der Waals surface area (Å²) in [6, 6.07) is 22.1. The fraction of sp³-hybridized carbons (Fsp3) is 0.514. The minimum absolute atomic E-state index is 0. The van der Waals surface area contributed by atoms with Crippen molar-refractivity contribution < 1.29 is 49.0 Å². The van der Waals surface area contributed by atoms with Gasteiger partial charge in [-0.15, -0.1) is 11.1 Å². The fourth-order valence-electron chi connectivity index (χ4n) is 4.52. The third kappa shape index (κ3) is 11.8. The summed E-state index contributed by atoms with van der Waals surface area (Å²) in [5.41, 5.74) is 12.0. The molecule has 3 aromatic rings. The summed E-state index contributed by atoms with van der Waals surface area (Å²) in [5, 5.41) is 0. The molecule has 0 nitrogen and oxygen atoms in total. The second-order valence-corrected chi connectivity index (χ2v) is 16.6. The van der Waals surface area contributed by atoms with Gasteiger partial charge in [0, 0.05) is 0 Å². The quantitative estimate of drug-likeness (QED) is 0.286. The Bertz CT molecular complexity index is 1140. The zero-order chi connectivity index (χ0) is 28.9. The summed E-state index contributed by atoms with van der Waals surface area (Å²) in [5.74, 6) is 0. The van der Waals surface area contributed by atoms with E-state index in [4.69, 9.17) is 0 Å². The summed E-state index contributed by atoms with van der Waals surface area (Å²) in [7, 11) is 0. The van der Waals surface area contributed by atoms with Gasteiger partial charge in [-0.2, -0.15) is 47.0 Å². The third-order valence-electron chi connectivity index (χ3n) is 6.97. The van der Waals surface area contributed by atoms with Crippen molar-refractivity contribution >= 4 is 3.21 Å². The summed E-state index contributed by atoms with van der Waals surface area (Å²) in [6.07, 6.45) is 4.87. The Balaban J connectivity index is 0.000000692. The van der Waals surface area contributed by atoms with Gasteiger partial charge in [-0.25, -0.2) is 6.07 Å². The van der Waals surface area contributed by atoms with Gasteiger partial charge in [-0.1, -0.05) is 118 Å². The van der Waals surface area contributed by atoms with Gasteiger partial charge in [-0.3, -0.25) is 0 Å². The molecule has 40 heavy (non-hydrogen) atoms. The molecular weight excluding hydrogens is 607 g/mol. The van der Waals surface area contributed by atoms with E-state index in [1.165, 1.54) is 67.0 Å². The van der Waals surface area contributed by atoms with Crippen molar-refractivity contribution in [3.05, 3.63) is 88.0 Å².